The maximum Gasteiger partial charge on any atom is 0.386 e. The highest BCUT2D eigenvalue weighted by Crippen LogP contribution is 2.63. The van der Waals surface area contributed by atoms with Crippen molar-refractivity contribution in [2.24, 2.45) is 5.92 Å². The maximum atomic E-state index is 14.0. The number of thiol groups is 1. The SMILES string of the molecule is C=C[C@H]1[C@H](n2cnc3c(N)ncnc32)O[C@]2(CO)COP(O)(=S)O[C@H]3[C@H]4OC[C@]3(COP(=O)(S)O[C@@H]12)O[C@H]4n1cnc2c(N)ncnc21. The van der Waals surface area contributed by atoms with Crippen molar-refractivity contribution in [3.8, 4) is 0 Å². The van der Waals surface area contributed by atoms with Crippen LogP contribution in [0.25, 0.3) is 22.3 Å². The fourth-order valence-corrected chi connectivity index (χ4v) is 9.56. The van der Waals surface area contributed by atoms with Crippen LogP contribution in [0, 0.1) is 5.92 Å². The predicted octanol–water partition coefficient (Wildman–Crippen LogP) is 0.631. The predicted molar refractivity (Wildman–Crippen MR) is 170 cm³/mol. The van der Waals surface area contributed by atoms with Crippen molar-refractivity contribution in [1.29, 1.82) is 0 Å². The molecule has 20 nitrogen and oxygen atoms in total. The average Bonchev–Trinajstić information content (AvgIpc) is 3.86. The van der Waals surface area contributed by atoms with Gasteiger partial charge >= 0.3 is 13.5 Å². The molecule has 8 rings (SSSR count). The third-order valence-corrected chi connectivity index (χ3v) is 11.9. The number of fused-ring (bicyclic) bond motifs is 3. The van der Waals surface area contributed by atoms with Crippen molar-refractivity contribution in [3.63, 3.8) is 0 Å². The molecule has 0 aliphatic carbocycles. The second-order valence-electron chi connectivity index (χ2n) is 11.6. The molecule has 48 heavy (non-hydrogen) atoms. The number of nitrogens with two attached hydrogens (primary N) is 2. The van der Waals surface area contributed by atoms with Crippen LogP contribution >= 0.6 is 25.8 Å². The summed E-state index contributed by atoms with van der Waals surface area (Å²) in [7, 11) is 0. The zero-order chi connectivity index (χ0) is 33.6. The van der Waals surface area contributed by atoms with E-state index in [9.17, 15) is 14.6 Å². The standard InChI is InChI=1S/C24H28N10O10P2S2/c1-2-11-15-23(3-35,41-21(11)33-9-31-12-17(25)27-7-29-19(12)33)5-39-46(37,48)44-16-14-22(34-10-32-13-18(26)28-8-30-20(13)34)42-24(16,4-38-14)6-40-45(36,47)43-15/h2,7-11,14-16,21-22,35H,1,3-6H2,(H,36,47)(H,37,48)(H2,25,27,29)(H2,26,28,30)/t11-,14-,15+,16+,21-,22-,23-,24-,45?,46?/m1/s1. The van der Waals surface area contributed by atoms with Crippen LogP contribution in [0.4, 0.5) is 11.6 Å². The Kier molecular flexibility index (Phi) is 7.74. The summed E-state index contributed by atoms with van der Waals surface area (Å²) in [5.74, 6) is -0.559. The minimum atomic E-state index is -4.32. The van der Waals surface area contributed by atoms with E-state index in [0.29, 0.717) is 22.3 Å². The van der Waals surface area contributed by atoms with Gasteiger partial charge < -0.3 is 40.2 Å². The highest BCUT2D eigenvalue weighted by Gasteiger charge is 2.66. The molecule has 0 radical (unpaired) electrons. The summed E-state index contributed by atoms with van der Waals surface area (Å²) >= 11 is 9.74. The van der Waals surface area contributed by atoms with Crippen LogP contribution < -0.4 is 11.5 Å². The van der Waals surface area contributed by atoms with E-state index in [1.54, 1.807) is 4.57 Å². The minimum absolute atomic E-state index is 0.102. The van der Waals surface area contributed by atoms with Crippen LogP contribution in [-0.4, -0.2) is 105 Å². The first-order chi connectivity index (χ1) is 22.9. The molecule has 24 heteroatoms. The molecule has 4 fully saturated rings. The van der Waals surface area contributed by atoms with Gasteiger partial charge in [0.1, 0.15) is 59.4 Å². The van der Waals surface area contributed by atoms with E-state index in [2.05, 4.69) is 48.7 Å². The summed E-state index contributed by atoms with van der Waals surface area (Å²) in [5.41, 5.74) is 9.95. The Labute approximate surface area is 280 Å². The third-order valence-electron chi connectivity index (χ3n) is 8.83. The van der Waals surface area contributed by atoms with E-state index >= 15 is 0 Å². The number of anilines is 2. The lowest BCUT2D eigenvalue weighted by molar-refractivity contribution is -0.184. The molecule has 256 valence electrons. The zero-order valence-electron chi connectivity index (χ0n) is 24.5. The summed E-state index contributed by atoms with van der Waals surface area (Å²) in [5, 5.41) is 10.8. The Morgan fingerprint density at radius 2 is 1.60 bits per heavy atom. The third kappa shape index (κ3) is 5.02. The molecule has 4 aliphatic heterocycles. The van der Waals surface area contributed by atoms with Gasteiger partial charge in [-0.15, -0.1) is 6.58 Å². The Bertz CT molecular complexity index is 2040. The number of ether oxygens (including phenoxy) is 3. The maximum absolute atomic E-state index is 14.0. The van der Waals surface area contributed by atoms with Gasteiger partial charge in [-0.2, -0.15) is 0 Å². The fraction of sp³-hybridized carbons (Fsp3) is 0.500. The van der Waals surface area contributed by atoms with Gasteiger partial charge in [-0.1, -0.05) is 18.3 Å². The molecule has 2 bridgehead atoms. The Morgan fingerprint density at radius 1 is 0.958 bits per heavy atom. The number of nitrogens with zero attached hydrogens (tertiary/aromatic N) is 8. The highest BCUT2D eigenvalue weighted by molar-refractivity contribution is 8.44. The van der Waals surface area contributed by atoms with Gasteiger partial charge in [0.05, 0.1) is 45.0 Å². The van der Waals surface area contributed by atoms with Crippen LogP contribution in [0.15, 0.2) is 38.0 Å². The number of imidazole rings is 2. The van der Waals surface area contributed by atoms with Crippen LogP contribution in [0.2, 0.25) is 0 Å². The molecule has 2 unspecified atom stereocenters. The van der Waals surface area contributed by atoms with Gasteiger partial charge in [0.25, 0.3) is 0 Å². The largest absolute Gasteiger partial charge is 0.393 e. The van der Waals surface area contributed by atoms with E-state index in [0.717, 1.165) is 0 Å². The summed E-state index contributed by atoms with van der Waals surface area (Å²) < 4.78 is 59.9. The molecule has 10 atom stereocenters. The van der Waals surface area contributed by atoms with Crippen molar-refractivity contribution in [2.45, 2.75) is 42.0 Å². The monoisotopic (exact) mass is 742 g/mol. The Morgan fingerprint density at radius 3 is 2.23 bits per heavy atom. The second kappa shape index (κ2) is 11.4. The van der Waals surface area contributed by atoms with Gasteiger partial charge in [-0.25, -0.2) is 34.5 Å². The number of aromatic nitrogens is 8. The van der Waals surface area contributed by atoms with Crippen molar-refractivity contribution in [3.05, 3.63) is 38.0 Å². The smallest absolute Gasteiger partial charge is 0.386 e. The van der Waals surface area contributed by atoms with Gasteiger partial charge in [0.2, 0.25) is 0 Å². The molecular formula is C24H28N10O10P2S2. The first kappa shape index (κ1) is 32.5. The zero-order valence-corrected chi connectivity index (χ0v) is 28.0. The molecule has 4 aromatic heterocycles. The van der Waals surface area contributed by atoms with Gasteiger partial charge in [0.15, 0.2) is 29.2 Å². The lowest BCUT2D eigenvalue weighted by Crippen LogP contribution is -2.50. The first-order valence-corrected chi connectivity index (χ1v) is 19.6. The van der Waals surface area contributed by atoms with Crippen LogP contribution in [-0.2, 0) is 48.7 Å². The molecule has 0 aromatic carbocycles. The van der Waals surface area contributed by atoms with Crippen molar-refractivity contribution in [2.75, 3.05) is 37.9 Å². The van der Waals surface area contributed by atoms with E-state index in [1.807, 2.05) is 0 Å². The van der Waals surface area contributed by atoms with Crippen molar-refractivity contribution < 1.29 is 46.9 Å². The molecule has 0 amide bonds. The lowest BCUT2D eigenvalue weighted by Gasteiger charge is -2.37. The van der Waals surface area contributed by atoms with Crippen molar-refractivity contribution in [1.82, 2.24) is 39.0 Å². The quantitative estimate of drug-likeness (QED) is 0.109. The average molecular weight is 743 g/mol. The topological polar surface area (TPSA) is 261 Å². The summed E-state index contributed by atoms with van der Waals surface area (Å²) in [6.07, 6.45) is 1.65. The fourth-order valence-electron chi connectivity index (χ4n) is 6.54. The van der Waals surface area contributed by atoms with E-state index in [1.165, 1.54) is 36.0 Å². The molecule has 4 aliphatic rings. The number of aliphatic hydroxyl groups is 1. The van der Waals surface area contributed by atoms with Gasteiger partial charge in [-0.05, 0) is 11.8 Å². The molecule has 0 saturated carbocycles. The van der Waals surface area contributed by atoms with E-state index in [4.69, 9.17) is 55.6 Å². The minimum Gasteiger partial charge on any atom is -0.393 e. The van der Waals surface area contributed by atoms with Crippen LogP contribution in [0.3, 0.4) is 0 Å². The van der Waals surface area contributed by atoms with Crippen LogP contribution in [0.5, 0.6) is 0 Å². The number of hydrogen-bond donors (Lipinski definition) is 5. The van der Waals surface area contributed by atoms with E-state index < -0.39 is 81.2 Å². The molecule has 8 heterocycles. The van der Waals surface area contributed by atoms with E-state index in [-0.39, 0.29) is 18.2 Å². The Balaban J connectivity index is 1.15. The number of aliphatic hydroxyl groups excluding tert-OH is 1. The number of hydrogen-bond acceptors (Lipinski definition) is 18. The second-order valence-corrected chi connectivity index (χ2v) is 17.3. The van der Waals surface area contributed by atoms with Crippen molar-refractivity contribution >= 4 is 71.5 Å². The molecule has 4 saturated heterocycles. The normalized spacial score (nSPS) is 40.0. The van der Waals surface area contributed by atoms with Gasteiger partial charge in [-0.3, -0.25) is 22.7 Å². The first-order valence-electron chi connectivity index (χ1n) is 14.3. The molecule has 4 aromatic rings. The lowest BCUT2D eigenvalue weighted by atomic mass is 9.90. The summed E-state index contributed by atoms with van der Waals surface area (Å²) in [6.45, 7) is -6.46. The molecular weight excluding hydrogens is 714 g/mol. The summed E-state index contributed by atoms with van der Waals surface area (Å²) in [4.78, 5) is 36.5. The van der Waals surface area contributed by atoms with Crippen LogP contribution in [0.1, 0.15) is 12.5 Å². The number of rotatable bonds is 4. The Hall–Kier alpha value is -2.69. The number of nitrogen functional groups attached to an aromatic ring is 2. The molecule has 6 N–H and O–H groups in total. The highest BCUT2D eigenvalue weighted by atomic mass is 32.7. The van der Waals surface area contributed by atoms with Gasteiger partial charge in [0, 0.05) is 0 Å². The summed E-state index contributed by atoms with van der Waals surface area (Å²) in [6, 6.07) is 0. The molecule has 0 spiro atoms.